The second kappa shape index (κ2) is 8.20. The number of aliphatic hydroxyl groups is 1. The van der Waals surface area contributed by atoms with Gasteiger partial charge in [0.1, 0.15) is 17.3 Å². The average molecular weight is 468 g/mol. The van der Waals surface area contributed by atoms with Gasteiger partial charge < -0.3 is 19.2 Å². The minimum Gasteiger partial charge on any atom is -0.507 e. The molecule has 1 aliphatic heterocycles. The lowest BCUT2D eigenvalue weighted by Gasteiger charge is -2.24. The number of benzene rings is 2. The van der Waals surface area contributed by atoms with Crippen LogP contribution in [0, 0.1) is 0 Å². The molecule has 3 aromatic rings. The van der Waals surface area contributed by atoms with E-state index in [9.17, 15) is 14.7 Å². The Labute approximate surface area is 181 Å². The molecule has 1 aromatic heterocycles. The van der Waals surface area contributed by atoms with E-state index in [1.807, 2.05) is 24.3 Å². The highest BCUT2D eigenvalue weighted by Crippen LogP contribution is 2.40. The van der Waals surface area contributed by atoms with E-state index in [0.717, 1.165) is 4.47 Å². The van der Waals surface area contributed by atoms with Gasteiger partial charge in [-0.15, -0.1) is 0 Å². The maximum absolute atomic E-state index is 13.0. The number of hydrogen-bond acceptors (Lipinski definition) is 5. The zero-order valence-corrected chi connectivity index (χ0v) is 17.6. The molecular formula is C23H18BrNO5. The Hall–Kier alpha value is -3.32. The molecule has 1 N–H and O–H groups in total. The molecule has 6 nitrogen and oxygen atoms in total. The predicted octanol–water partition coefficient (Wildman–Crippen LogP) is 4.67. The summed E-state index contributed by atoms with van der Waals surface area (Å²) in [5.41, 5.74) is 1.17. The van der Waals surface area contributed by atoms with Crippen LogP contribution in [0.5, 0.6) is 5.75 Å². The normalized spacial score (nSPS) is 18.1. The van der Waals surface area contributed by atoms with Gasteiger partial charge in [-0.05, 0) is 54.1 Å². The van der Waals surface area contributed by atoms with Crippen LogP contribution in [0.15, 0.2) is 81.4 Å². The molecule has 30 heavy (non-hydrogen) atoms. The van der Waals surface area contributed by atoms with Gasteiger partial charge >= 0.3 is 0 Å². The minimum atomic E-state index is -0.745. The van der Waals surface area contributed by atoms with E-state index in [-0.39, 0.29) is 17.9 Å². The molecule has 1 atom stereocenters. The van der Waals surface area contributed by atoms with E-state index in [2.05, 4.69) is 15.9 Å². The van der Waals surface area contributed by atoms with Crippen molar-refractivity contribution in [2.45, 2.75) is 12.6 Å². The number of Topliss-reactive ketones (excluding diaryl/α,β-unsaturated/α-hetero) is 1. The molecule has 1 amide bonds. The quantitative estimate of drug-likeness (QED) is 0.335. The molecule has 2 aromatic carbocycles. The topological polar surface area (TPSA) is 80.0 Å². The van der Waals surface area contributed by atoms with Crippen LogP contribution in [0.1, 0.15) is 22.9 Å². The van der Waals surface area contributed by atoms with E-state index in [4.69, 9.17) is 9.15 Å². The first-order valence-electron chi connectivity index (χ1n) is 9.20. The second-order valence-electron chi connectivity index (χ2n) is 6.79. The number of ketones is 1. The number of methoxy groups -OCH3 is 1. The van der Waals surface area contributed by atoms with Crippen molar-refractivity contribution in [1.82, 2.24) is 4.90 Å². The van der Waals surface area contributed by atoms with Crippen LogP contribution in [-0.4, -0.2) is 28.8 Å². The van der Waals surface area contributed by atoms with Crippen LogP contribution in [0.25, 0.3) is 5.76 Å². The van der Waals surface area contributed by atoms with Crippen molar-refractivity contribution in [3.63, 3.8) is 0 Å². The van der Waals surface area contributed by atoms with Gasteiger partial charge in [-0.1, -0.05) is 28.1 Å². The number of furan rings is 1. The summed E-state index contributed by atoms with van der Waals surface area (Å²) in [6, 6.07) is 16.7. The molecule has 4 rings (SSSR count). The van der Waals surface area contributed by atoms with Gasteiger partial charge in [-0.2, -0.15) is 0 Å². The third-order valence-corrected chi connectivity index (χ3v) is 5.52. The molecule has 1 aliphatic rings. The van der Waals surface area contributed by atoms with Crippen LogP contribution in [0.3, 0.4) is 0 Å². The van der Waals surface area contributed by atoms with Crippen molar-refractivity contribution in [2.24, 2.45) is 0 Å². The monoisotopic (exact) mass is 467 g/mol. The number of hydrogen-bond donors (Lipinski definition) is 1. The number of carbonyl (C=O) groups is 2. The van der Waals surface area contributed by atoms with E-state index >= 15 is 0 Å². The third-order valence-electron chi connectivity index (χ3n) is 5.00. The van der Waals surface area contributed by atoms with Crippen LogP contribution in [0.2, 0.25) is 0 Å². The Morgan fingerprint density at radius 2 is 1.80 bits per heavy atom. The Kier molecular flexibility index (Phi) is 5.46. The van der Waals surface area contributed by atoms with Crippen molar-refractivity contribution in [1.29, 1.82) is 0 Å². The van der Waals surface area contributed by atoms with Gasteiger partial charge in [0.2, 0.25) is 0 Å². The number of halogens is 1. The lowest BCUT2D eigenvalue weighted by atomic mass is 9.95. The van der Waals surface area contributed by atoms with Gasteiger partial charge in [-0.3, -0.25) is 9.59 Å². The standard InChI is InChI=1S/C23H18BrNO5/c1-29-17-10-6-15(7-11-17)21(26)19-20(14-4-8-16(24)9-5-14)25(23(28)22(19)27)13-18-3-2-12-30-18/h2-12,20,26H,13H2,1H3/b21-19+/t20-/m0/s1. The molecule has 0 aliphatic carbocycles. The molecule has 7 heteroatoms. The first kappa shape index (κ1) is 20.0. The van der Waals surface area contributed by atoms with E-state index in [0.29, 0.717) is 22.6 Å². The zero-order chi connectivity index (χ0) is 21.3. The van der Waals surface area contributed by atoms with Gasteiger partial charge in [0, 0.05) is 10.0 Å². The molecule has 1 fully saturated rings. The summed E-state index contributed by atoms with van der Waals surface area (Å²) in [7, 11) is 1.54. The van der Waals surface area contributed by atoms with Gasteiger partial charge in [0.05, 0.1) is 31.5 Å². The fourth-order valence-corrected chi connectivity index (χ4v) is 3.77. The van der Waals surface area contributed by atoms with Crippen LogP contribution >= 0.6 is 15.9 Å². The van der Waals surface area contributed by atoms with E-state index in [1.54, 1.807) is 43.5 Å². The van der Waals surface area contributed by atoms with Gasteiger partial charge in [0.25, 0.3) is 11.7 Å². The Bertz CT molecular complexity index is 1100. The molecule has 0 spiro atoms. The smallest absolute Gasteiger partial charge is 0.296 e. The van der Waals surface area contributed by atoms with E-state index in [1.165, 1.54) is 11.2 Å². The first-order chi connectivity index (χ1) is 14.5. The highest BCUT2D eigenvalue weighted by molar-refractivity contribution is 9.10. The fourth-order valence-electron chi connectivity index (χ4n) is 3.51. The number of ether oxygens (including phenoxy) is 1. The predicted molar refractivity (Wildman–Crippen MR) is 114 cm³/mol. The van der Waals surface area contributed by atoms with Crippen LogP contribution in [0.4, 0.5) is 0 Å². The summed E-state index contributed by atoms with van der Waals surface area (Å²) < 4.78 is 11.4. The highest BCUT2D eigenvalue weighted by atomic mass is 79.9. The highest BCUT2D eigenvalue weighted by Gasteiger charge is 2.46. The number of carbonyl (C=O) groups excluding carboxylic acids is 2. The molecule has 0 bridgehead atoms. The maximum Gasteiger partial charge on any atom is 0.296 e. The summed E-state index contributed by atoms with van der Waals surface area (Å²) in [5, 5.41) is 11.0. The lowest BCUT2D eigenvalue weighted by molar-refractivity contribution is -0.140. The van der Waals surface area contributed by atoms with Crippen LogP contribution < -0.4 is 4.74 Å². The second-order valence-corrected chi connectivity index (χ2v) is 7.70. The Morgan fingerprint density at radius 1 is 1.10 bits per heavy atom. The Morgan fingerprint density at radius 3 is 2.40 bits per heavy atom. The minimum absolute atomic E-state index is 0.0408. The van der Waals surface area contributed by atoms with Gasteiger partial charge in [0.15, 0.2) is 0 Å². The number of aliphatic hydroxyl groups excluding tert-OH is 1. The molecule has 0 unspecified atom stereocenters. The molecular weight excluding hydrogens is 450 g/mol. The van der Waals surface area contributed by atoms with Crippen molar-refractivity contribution in [3.05, 3.63) is 93.9 Å². The Balaban J connectivity index is 1.84. The summed E-state index contributed by atoms with van der Waals surface area (Å²) in [6.45, 7) is 0.109. The first-order valence-corrected chi connectivity index (χ1v) is 9.99. The summed E-state index contributed by atoms with van der Waals surface area (Å²) >= 11 is 3.40. The molecule has 0 saturated carbocycles. The van der Waals surface area contributed by atoms with Crippen molar-refractivity contribution in [3.8, 4) is 5.75 Å². The summed E-state index contributed by atoms with van der Waals surface area (Å²) in [4.78, 5) is 27.3. The number of nitrogens with zero attached hydrogens (tertiary/aromatic N) is 1. The third kappa shape index (κ3) is 3.64. The van der Waals surface area contributed by atoms with Gasteiger partial charge in [-0.25, -0.2) is 0 Å². The number of rotatable bonds is 5. The average Bonchev–Trinajstić information content (AvgIpc) is 3.36. The lowest BCUT2D eigenvalue weighted by Crippen LogP contribution is -2.29. The fraction of sp³-hybridized carbons (Fsp3) is 0.130. The van der Waals surface area contributed by atoms with E-state index < -0.39 is 17.7 Å². The molecule has 152 valence electrons. The summed E-state index contributed by atoms with van der Waals surface area (Å²) in [6.07, 6.45) is 1.51. The summed E-state index contributed by atoms with van der Waals surface area (Å²) in [5.74, 6) is -0.485. The maximum atomic E-state index is 13.0. The SMILES string of the molecule is COc1ccc(/C(O)=C2\C(=O)C(=O)N(Cc3ccco3)[C@H]2c2ccc(Br)cc2)cc1. The number of amides is 1. The van der Waals surface area contributed by atoms with Crippen molar-refractivity contribution < 1.29 is 23.8 Å². The number of likely N-dealkylation sites (tertiary alicyclic amines) is 1. The molecule has 2 heterocycles. The van der Waals surface area contributed by atoms with Crippen molar-refractivity contribution in [2.75, 3.05) is 7.11 Å². The largest absolute Gasteiger partial charge is 0.507 e. The molecule has 1 saturated heterocycles. The molecule has 0 radical (unpaired) electrons. The zero-order valence-electron chi connectivity index (χ0n) is 16.0. The van der Waals surface area contributed by atoms with Crippen LogP contribution in [-0.2, 0) is 16.1 Å². The van der Waals surface area contributed by atoms with Crippen molar-refractivity contribution >= 4 is 33.4 Å².